The molecule has 1 fully saturated rings. The van der Waals surface area contributed by atoms with E-state index >= 15 is 0 Å². The largest absolute Gasteiger partial charge is 0.377 e. The third-order valence-corrected chi connectivity index (χ3v) is 6.74. The fourth-order valence-electron chi connectivity index (χ4n) is 4.55. The van der Waals surface area contributed by atoms with Crippen LogP contribution >= 0.6 is 0 Å². The smallest absolute Gasteiger partial charge is 0.251 e. The zero-order chi connectivity index (χ0) is 28.4. The van der Waals surface area contributed by atoms with Gasteiger partial charge in [0.1, 0.15) is 0 Å². The van der Waals surface area contributed by atoms with Gasteiger partial charge in [0, 0.05) is 43.6 Å². The third kappa shape index (κ3) is 11.7. The summed E-state index contributed by atoms with van der Waals surface area (Å²) in [4.78, 5) is 29.9. The first-order valence-corrected chi connectivity index (χ1v) is 14.6. The molecule has 41 heavy (non-hydrogen) atoms. The van der Waals surface area contributed by atoms with Crippen LogP contribution in [0.1, 0.15) is 60.9 Å². The lowest BCUT2D eigenvalue weighted by Crippen LogP contribution is -2.27. The van der Waals surface area contributed by atoms with Gasteiger partial charge in [0.2, 0.25) is 17.8 Å². The van der Waals surface area contributed by atoms with Gasteiger partial charge in [-0.3, -0.25) is 9.78 Å². The van der Waals surface area contributed by atoms with Crippen LogP contribution in [-0.2, 0) is 16.0 Å². The number of aromatic nitrogens is 4. The lowest BCUT2D eigenvalue weighted by atomic mass is 9.97. The van der Waals surface area contributed by atoms with Crippen molar-refractivity contribution in [3.05, 3.63) is 66.0 Å². The molecule has 2 aromatic heterocycles. The Morgan fingerprint density at radius 1 is 0.732 bits per heavy atom. The lowest BCUT2D eigenvalue weighted by molar-refractivity contribution is 0.0519. The zero-order valence-corrected chi connectivity index (χ0v) is 23.7. The molecule has 0 aliphatic heterocycles. The molecule has 220 valence electrons. The van der Waals surface area contributed by atoms with E-state index in [0.717, 1.165) is 18.4 Å². The summed E-state index contributed by atoms with van der Waals surface area (Å²) in [5, 5.41) is 13.0. The minimum Gasteiger partial charge on any atom is -0.377 e. The summed E-state index contributed by atoms with van der Waals surface area (Å²) in [6, 6.07) is 13.4. The van der Waals surface area contributed by atoms with Gasteiger partial charge in [0.25, 0.3) is 5.91 Å². The van der Waals surface area contributed by atoms with Gasteiger partial charge >= 0.3 is 0 Å². The van der Waals surface area contributed by atoms with E-state index in [4.69, 9.17) is 9.47 Å². The molecule has 1 aliphatic rings. The number of amides is 1. The highest BCUT2D eigenvalue weighted by Crippen LogP contribution is 2.20. The molecule has 11 nitrogen and oxygen atoms in total. The molecule has 0 radical (unpaired) electrons. The topological polar surface area (TPSA) is 135 Å². The second kappa shape index (κ2) is 17.8. The van der Waals surface area contributed by atoms with E-state index in [2.05, 4.69) is 41.2 Å². The van der Waals surface area contributed by atoms with Crippen LogP contribution in [0.4, 0.5) is 17.8 Å². The molecule has 0 unspecified atom stereocenters. The molecule has 1 saturated carbocycles. The number of carbonyl (C=O) groups is 1. The summed E-state index contributed by atoms with van der Waals surface area (Å²) < 4.78 is 11.2. The van der Waals surface area contributed by atoms with E-state index in [1.54, 1.807) is 24.5 Å². The maximum Gasteiger partial charge on any atom is 0.251 e. The van der Waals surface area contributed by atoms with Crippen molar-refractivity contribution in [2.24, 2.45) is 0 Å². The van der Waals surface area contributed by atoms with Crippen LogP contribution in [0.15, 0.2) is 54.9 Å². The van der Waals surface area contributed by atoms with Crippen LogP contribution in [-0.4, -0.2) is 71.4 Å². The Bertz CT molecular complexity index is 1140. The predicted molar refractivity (Wildman–Crippen MR) is 160 cm³/mol. The number of nitrogens with zero attached hydrogens (tertiary/aromatic N) is 4. The maximum absolute atomic E-state index is 12.0. The van der Waals surface area contributed by atoms with Gasteiger partial charge in [-0.1, -0.05) is 50.3 Å². The van der Waals surface area contributed by atoms with Crippen molar-refractivity contribution in [2.45, 2.75) is 57.5 Å². The number of nitrogens with one attached hydrogen (secondary N) is 4. The van der Waals surface area contributed by atoms with Crippen LogP contribution in [0, 0.1) is 0 Å². The van der Waals surface area contributed by atoms with Gasteiger partial charge in [0.15, 0.2) is 0 Å². The maximum atomic E-state index is 12.0. The van der Waals surface area contributed by atoms with Crippen LogP contribution in [0.5, 0.6) is 0 Å². The van der Waals surface area contributed by atoms with Crippen molar-refractivity contribution in [1.82, 2.24) is 25.3 Å². The Kier molecular flexibility index (Phi) is 13.1. The van der Waals surface area contributed by atoms with Gasteiger partial charge in [-0.2, -0.15) is 15.0 Å². The second-order valence-electron chi connectivity index (χ2n) is 9.98. The first kappa shape index (κ1) is 30.1. The first-order chi connectivity index (χ1) is 20.3. The highest BCUT2D eigenvalue weighted by molar-refractivity contribution is 5.94. The number of hydrogen-bond acceptors (Lipinski definition) is 10. The van der Waals surface area contributed by atoms with E-state index in [-0.39, 0.29) is 5.91 Å². The number of carbonyl (C=O) groups excluding carboxylic acids is 1. The molecule has 4 rings (SSSR count). The minimum absolute atomic E-state index is 0.103. The van der Waals surface area contributed by atoms with Crippen molar-refractivity contribution in [1.29, 1.82) is 0 Å². The average Bonchev–Trinajstić information content (AvgIpc) is 2.99. The van der Waals surface area contributed by atoms with Gasteiger partial charge < -0.3 is 30.7 Å². The number of ether oxygens (including phenoxy) is 2. The Morgan fingerprint density at radius 2 is 1.37 bits per heavy atom. The van der Waals surface area contributed by atoms with Crippen molar-refractivity contribution in [2.75, 3.05) is 55.5 Å². The molecule has 1 aliphatic carbocycles. The minimum atomic E-state index is -0.103. The van der Waals surface area contributed by atoms with Gasteiger partial charge in [-0.25, -0.2) is 0 Å². The molecule has 11 heteroatoms. The van der Waals surface area contributed by atoms with Gasteiger partial charge in [-0.05, 0) is 42.7 Å². The van der Waals surface area contributed by atoms with Crippen LogP contribution < -0.4 is 21.3 Å². The number of hydrogen-bond donors (Lipinski definition) is 4. The summed E-state index contributed by atoms with van der Waals surface area (Å²) in [5.74, 6) is 1.49. The van der Waals surface area contributed by atoms with Gasteiger partial charge in [-0.15, -0.1) is 0 Å². The second-order valence-corrected chi connectivity index (χ2v) is 9.98. The fourth-order valence-corrected chi connectivity index (χ4v) is 4.55. The van der Waals surface area contributed by atoms with Crippen molar-refractivity contribution >= 4 is 23.8 Å². The third-order valence-electron chi connectivity index (χ3n) is 6.74. The molecule has 0 atom stereocenters. The SMILES string of the molecule is O=C(NCCOCCOCCNc1nc(NCc2ccncc2)nc(NC2CCCCCCC2)n1)c1ccccc1. The molecule has 1 aromatic carbocycles. The zero-order valence-electron chi connectivity index (χ0n) is 23.7. The Balaban J connectivity index is 1.17. The number of benzene rings is 1. The highest BCUT2D eigenvalue weighted by atomic mass is 16.5. The molecule has 3 aromatic rings. The number of pyridine rings is 1. The van der Waals surface area contributed by atoms with Crippen molar-refractivity contribution in [3.8, 4) is 0 Å². The Hall–Kier alpha value is -3.83. The van der Waals surface area contributed by atoms with E-state index in [0.29, 0.717) is 75.5 Å². The van der Waals surface area contributed by atoms with Gasteiger partial charge in [0.05, 0.1) is 26.4 Å². The quantitative estimate of drug-likeness (QED) is 0.187. The summed E-state index contributed by atoms with van der Waals surface area (Å²) >= 11 is 0. The van der Waals surface area contributed by atoms with Crippen LogP contribution in [0.3, 0.4) is 0 Å². The van der Waals surface area contributed by atoms with Crippen LogP contribution in [0.2, 0.25) is 0 Å². The van der Waals surface area contributed by atoms with Crippen LogP contribution in [0.25, 0.3) is 0 Å². The summed E-state index contributed by atoms with van der Waals surface area (Å²) in [6.07, 6.45) is 12.2. The highest BCUT2D eigenvalue weighted by Gasteiger charge is 2.14. The van der Waals surface area contributed by atoms with E-state index in [1.165, 1.54) is 32.1 Å². The van der Waals surface area contributed by atoms with E-state index in [1.807, 2.05) is 30.3 Å². The lowest BCUT2D eigenvalue weighted by Gasteiger charge is -2.21. The molecular formula is C30H42N8O3. The normalized spacial score (nSPS) is 14.0. The number of rotatable bonds is 16. The molecule has 1 amide bonds. The molecule has 0 saturated heterocycles. The van der Waals surface area contributed by atoms with E-state index in [9.17, 15) is 4.79 Å². The summed E-state index contributed by atoms with van der Waals surface area (Å²) in [5.41, 5.74) is 1.74. The van der Waals surface area contributed by atoms with E-state index < -0.39 is 0 Å². The predicted octanol–water partition coefficient (Wildman–Crippen LogP) is 4.28. The monoisotopic (exact) mass is 562 g/mol. The molecule has 0 spiro atoms. The summed E-state index contributed by atoms with van der Waals surface area (Å²) in [6.45, 7) is 3.40. The van der Waals surface area contributed by atoms with Crippen molar-refractivity contribution in [3.63, 3.8) is 0 Å². The first-order valence-electron chi connectivity index (χ1n) is 14.6. The standard InChI is InChI=1S/C30H42N8O3/c39-27(25-9-5-4-6-10-25)32-17-19-40-21-22-41-20-18-33-28-36-29(34-23-24-13-15-31-16-14-24)38-30(37-28)35-26-11-7-2-1-3-8-12-26/h4-6,9-10,13-16,26H,1-3,7-8,11-12,17-23H2,(H,32,39)(H3,33,34,35,36,37,38). The molecule has 0 bridgehead atoms. The number of anilines is 3. The van der Waals surface area contributed by atoms with Crippen molar-refractivity contribution < 1.29 is 14.3 Å². The molecule has 4 N–H and O–H groups in total. The average molecular weight is 563 g/mol. The molecule has 2 heterocycles. The fraction of sp³-hybridized carbons (Fsp3) is 0.500. The Labute approximate surface area is 242 Å². The summed E-state index contributed by atoms with van der Waals surface area (Å²) in [7, 11) is 0. The molecular weight excluding hydrogens is 520 g/mol. The Morgan fingerprint density at radius 3 is 2.10 bits per heavy atom.